The van der Waals surface area contributed by atoms with E-state index in [0.717, 1.165) is 94.6 Å². The van der Waals surface area contributed by atoms with Crippen molar-refractivity contribution in [1.29, 1.82) is 0 Å². The first-order valence-electron chi connectivity index (χ1n) is 17.9. The van der Waals surface area contributed by atoms with Gasteiger partial charge < -0.3 is 20.9 Å². The molecule has 0 fully saturated rings. The van der Waals surface area contributed by atoms with Crippen LogP contribution in [0.1, 0.15) is 117 Å². The number of primary amides is 1. The third-order valence-corrected chi connectivity index (χ3v) is 8.69. The Labute approximate surface area is 294 Å². The number of hydrogen-bond acceptors (Lipinski definition) is 6. The summed E-state index contributed by atoms with van der Waals surface area (Å²) in [5, 5.41) is 11.4. The van der Waals surface area contributed by atoms with Gasteiger partial charge in [0.1, 0.15) is 17.9 Å². The number of nitrogens with one attached hydrogen (secondary N) is 1. The first-order chi connectivity index (χ1) is 24.2. The summed E-state index contributed by atoms with van der Waals surface area (Å²) in [4.78, 5) is 54.6. The van der Waals surface area contributed by atoms with Crippen LogP contribution in [0.2, 0.25) is 0 Å². The Morgan fingerprint density at radius 2 is 1.54 bits per heavy atom. The van der Waals surface area contributed by atoms with Crippen molar-refractivity contribution < 1.29 is 28.6 Å². The van der Waals surface area contributed by atoms with E-state index < -0.39 is 29.9 Å². The molecule has 272 valence electrons. The number of ether oxygens (including phenoxy) is 1. The Balaban J connectivity index is 1.62. The Morgan fingerprint density at radius 3 is 2.16 bits per heavy atom. The van der Waals surface area contributed by atoms with E-state index in [-0.39, 0.29) is 31.0 Å². The number of aryl methyl sites for hydroxylation is 1. The number of unbranched alkanes of at least 4 members (excludes halogenated alkanes) is 11. The standard InChI is InChI=1S/C39H53FN4O6/c1-50-24-23-42-38(48)36-32(17-15-13-11-9-7-5-3-2-4-6-8-10-12-14-16-18-35(46)47)37-33(44(39(36)49)28-34(41)45)26-30(27-43-37)25-29-19-21-31(40)22-20-29/h2,4,19-22,26-27H,3,5-18,23-25,28H2,1H3,(H2,41,45)(H,42,48)(H,46,47)/b4-2-. The van der Waals surface area contributed by atoms with Crippen molar-refractivity contribution in [3.8, 4) is 0 Å². The molecule has 3 rings (SSSR count). The van der Waals surface area contributed by atoms with Gasteiger partial charge in [0.15, 0.2) is 0 Å². The number of fused-ring (bicyclic) bond motifs is 1. The molecule has 0 saturated carbocycles. The average molecular weight is 693 g/mol. The topological polar surface area (TPSA) is 154 Å². The Bertz CT molecular complexity index is 1620. The molecule has 4 N–H and O–H groups in total. The van der Waals surface area contributed by atoms with E-state index in [1.807, 2.05) is 0 Å². The van der Waals surface area contributed by atoms with Crippen LogP contribution >= 0.6 is 0 Å². The largest absolute Gasteiger partial charge is 0.481 e. The van der Waals surface area contributed by atoms with Crippen LogP contribution in [0.4, 0.5) is 4.39 Å². The third-order valence-electron chi connectivity index (χ3n) is 8.69. The molecule has 0 bridgehead atoms. The highest BCUT2D eigenvalue weighted by molar-refractivity contribution is 5.99. The van der Waals surface area contributed by atoms with Gasteiger partial charge in [-0.05, 0) is 86.3 Å². The van der Waals surface area contributed by atoms with Gasteiger partial charge in [-0.2, -0.15) is 0 Å². The quantitative estimate of drug-likeness (QED) is 0.0665. The third kappa shape index (κ3) is 13.9. The molecular weight excluding hydrogens is 639 g/mol. The van der Waals surface area contributed by atoms with Crippen molar-refractivity contribution in [2.75, 3.05) is 20.3 Å². The number of nitrogens with zero attached hydrogens (tertiary/aromatic N) is 2. The number of carbonyl (C=O) groups is 3. The lowest BCUT2D eigenvalue weighted by atomic mass is 9.97. The number of carboxylic acids is 1. The van der Waals surface area contributed by atoms with Gasteiger partial charge in [0.05, 0.1) is 17.6 Å². The number of rotatable bonds is 25. The Morgan fingerprint density at radius 1 is 0.920 bits per heavy atom. The fourth-order valence-electron chi connectivity index (χ4n) is 6.08. The molecule has 0 spiro atoms. The van der Waals surface area contributed by atoms with Crippen LogP contribution < -0.4 is 16.6 Å². The zero-order valence-electron chi connectivity index (χ0n) is 29.4. The van der Waals surface area contributed by atoms with Crippen molar-refractivity contribution in [3.05, 3.63) is 87.1 Å². The number of nitrogens with two attached hydrogens (primary N) is 1. The zero-order valence-corrected chi connectivity index (χ0v) is 29.4. The molecule has 0 radical (unpaired) electrons. The van der Waals surface area contributed by atoms with Gasteiger partial charge >= 0.3 is 5.97 Å². The minimum Gasteiger partial charge on any atom is -0.481 e. The van der Waals surface area contributed by atoms with Gasteiger partial charge in [-0.1, -0.05) is 69.2 Å². The molecule has 0 aliphatic carbocycles. The van der Waals surface area contributed by atoms with Crippen molar-refractivity contribution in [2.45, 2.75) is 109 Å². The van der Waals surface area contributed by atoms with Crippen molar-refractivity contribution >= 4 is 28.8 Å². The number of benzene rings is 1. The molecule has 50 heavy (non-hydrogen) atoms. The number of halogens is 1. The van der Waals surface area contributed by atoms with Crippen molar-refractivity contribution in [2.24, 2.45) is 5.73 Å². The molecule has 2 amide bonds. The normalized spacial score (nSPS) is 11.4. The van der Waals surface area contributed by atoms with E-state index in [1.165, 1.54) is 23.8 Å². The van der Waals surface area contributed by atoms with Gasteiger partial charge in [0.2, 0.25) is 5.91 Å². The number of amides is 2. The van der Waals surface area contributed by atoms with Gasteiger partial charge in [-0.3, -0.25) is 28.7 Å². The van der Waals surface area contributed by atoms with Crippen LogP contribution in [0.25, 0.3) is 11.0 Å². The lowest BCUT2D eigenvalue weighted by molar-refractivity contribution is -0.137. The highest BCUT2D eigenvalue weighted by atomic mass is 19.1. The fraction of sp³-hybridized carbons (Fsp3) is 0.513. The molecule has 0 aliphatic heterocycles. The molecule has 0 saturated heterocycles. The van der Waals surface area contributed by atoms with E-state index in [1.54, 1.807) is 24.4 Å². The highest BCUT2D eigenvalue weighted by Gasteiger charge is 2.24. The van der Waals surface area contributed by atoms with Crippen LogP contribution in [0.15, 0.2) is 53.5 Å². The van der Waals surface area contributed by atoms with Crippen LogP contribution in [-0.4, -0.2) is 52.7 Å². The van der Waals surface area contributed by atoms with E-state index >= 15 is 0 Å². The van der Waals surface area contributed by atoms with Gasteiger partial charge in [-0.15, -0.1) is 0 Å². The zero-order chi connectivity index (χ0) is 36.1. The maximum absolute atomic E-state index is 13.9. The molecule has 11 heteroatoms. The molecular formula is C39H53FN4O6. The van der Waals surface area contributed by atoms with Gasteiger partial charge in [0, 0.05) is 26.3 Å². The first kappa shape index (κ1) is 40.1. The molecule has 0 aliphatic rings. The summed E-state index contributed by atoms with van der Waals surface area (Å²) in [6.07, 6.45) is 20.7. The number of carboxylic acid groups (broad SMARTS) is 1. The number of methoxy groups -OCH3 is 1. The minimum absolute atomic E-state index is 0.0291. The molecule has 3 aromatic rings. The Hall–Kier alpha value is -4.38. The minimum atomic E-state index is -0.715. The first-order valence-corrected chi connectivity index (χ1v) is 17.9. The molecule has 1 aromatic carbocycles. The maximum atomic E-state index is 13.9. The molecule has 2 heterocycles. The van der Waals surface area contributed by atoms with E-state index in [9.17, 15) is 23.6 Å². The lowest BCUT2D eigenvalue weighted by Crippen LogP contribution is -2.38. The monoisotopic (exact) mass is 692 g/mol. The average Bonchev–Trinajstić information content (AvgIpc) is 3.08. The number of carbonyl (C=O) groups excluding carboxylic acids is 2. The summed E-state index contributed by atoms with van der Waals surface area (Å²) in [6.45, 7) is 0.0982. The summed E-state index contributed by atoms with van der Waals surface area (Å²) in [7, 11) is 1.52. The van der Waals surface area contributed by atoms with Crippen LogP contribution in [0.5, 0.6) is 0 Å². The van der Waals surface area contributed by atoms with Crippen molar-refractivity contribution in [3.63, 3.8) is 0 Å². The van der Waals surface area contributed by atoms with Crippen LogP contribution in [0.3, 0.4) is 0 Å². The number of aromatic nitrogens is 2. The SMILES string of the molecule is COCCNC(=O)c1c(CCCCCCCC/C=C\CCCCCCCC(=O)O)c2ncc(Cc3ccc(F)cc3)cc2n(CC(N)=O)c1=O. The summed E-state index contributed by atoms with van der Waals surface area (Å²) in [5.74, 6) is -2.30. The van der Waals surface area contributed by atoms with E-state index in [0.29, 0.717) is 29.4 Å². The van der Waals surface area contributed by atoms with E-state index in [4.69, 9.17) is 20.6 Å². The van der Waals surface area contributed by atoms with Crippen molar-refractivity contribution in [1.82, 2.24) is 14.9 Å². The molecule has 0 unspecified atom stereocenters. The number of aliphatic carboxylic acids is 1. The predicted molar refractivity (Wildman–Crippen MR) is 194 cm³/mol. The molecule has 2 aromatic heterocycles. The maximum Gasteiger partial charge on any atom is 0.303 e. The predicted octanol–water partition coefficient (Wildman–Crippen LogP) is 6.63. The van der Waals surface area contributed by atoms with E-state index in [2.05, 4.69) is 17.5 Å². The summed E-state index contributed by atoms with van der Waals surface area (Å²) in [6, 6.07) is 7.94. The molecule has 10 nitrogen and oxygen atoms in total. The number of hydrogen-bond donors (Lipinski definition) is 3. The summed E-state index contributed by atoms with van der Waals surface area (Å²) >= 11 is 0. The fourth-order valence-corrected chi connectivity index (χ4v) is 6.08. The summed E-state index contributed by atoms with van der Waals surface area (Å²) < 4.78 is 19.8. The second-order valence-electron chi connectivity index (χ2n) is 12.8. The highest BCUT2D eigenvalue weighted by Crippen LogP contribution is 2.24. The number of pyridine rings is 2. The van der Waals surface area contributed by atoms with Crippen LogP contribution in [-0.2, 0) is 33.7 Å². The number of allylic oxidation sites excluding steroid dienone is 2. The lowest BCUT2D eigenvalue weighted by Gasteiger charge is -2.17. The Kier molecular flexibility index (Phi) is 17.9. The second kappa shape index (κ2) is 22.4. The van der Waals surface area contributed by atoms with Gasteiger partial charge in [-0.25, -0.2) is 4.39 Å². The molecule has 0 atom stereocenters. The van der Waals surface area contributed by atoms with Crippen LogP contribution in [0, 0.1) is 5.82 Å². The second-order valence-corrected chi connectivity index (χ2v) is 12.8. The smallest absolute Gasteiger partial charge is 0.303 e. The summed E-state index contributed by atoms with van der Waals surface area (Å²) in [5.41, 5.74) is 8.02. The van der Waals surface area contributed by atoms with Gasteiger partial charge in [0.25, 0.3) is 11.5 Å².